The van der Waals surface area contributed by atoms with Gasteiger partial charge in [-0.25, -0.2) is 4.79 Å². The van der Waals surface area contributed by atoms with Crippen molar-refractivity contribution < 1.29 is 4.79 Å². The quantitative estimate of drug-likeness (QED) is 0.602. The molecule has 0 bridgehead atoms. The molecule has 1 atom stereocenters. The molecule has 2 N–H and O–H groups in total. The minimum absolute atomic E-state index is 0.0738. The Bertz CT molecular complexity index is 1010. The van der Waals surface area contributed by atoms with E-state index in [0.717, 1.165) is 31.3 Å². The minimum Gasteiger partial charge on any atom is -0.356 e. The number of amides is 2. The predicted molar refractivity (Wildman–Crippen MR) is 117 cm³/mol. The van der Waals surface area contributed by atoms with E-state index in [-0.39, 0.29) is 12.1 Å². The van der Waals surface area contributed by atoms with Gasteiger partial charge in [-0.3, -0.25) is 0 Å². The third-order valence-corrected chi connectivity index (χ3v) is 6.62. The van der Waals surface area contributed by atoms with E-state index < -0.39 is 0 Å². The molecule has 0 unspecified atom stereocenters. The molecule has 0 saturated heterocycles. The number of fused-ring (bicyclic) bond motifs is 3. The maximum atomic E-state index is 13.3. The van der Waals surface area contributed by atoms with Crippen molar-refractivity contribution in [2.24, 2.45) is 0 Å². The Labute approximate surface area is 172 Å². The van der Waals surface area contributed by atoms with Crippen LogP contribution in [0.15, 0.2) is 48.5 Å². The number of H-pyrrole nitrogens is 1. The third kappa shape index (κ3) is 3.41. The number of para-hydroxylation sites is 1. The van der Waals surface area contributed by atoms with Crippen molar-refractivity contribution in [3.8, 4) is 0 Å². The van der Waals surface area contributed by atoms with Gasteiger partial charge < -0.3 is 15.2 Å². The SMILES string of the molecule is Cc1ccc([C@@H]2c3[nH]c4ccccc4c3CCN2C(=O)NC2CCCCC2)cc1. The van der Waals surface area contributed by atoms with Gasteiger partial charge in [-0.1, -0.05) is 67.3 Å². The van der Waals surface area contributed by atoms with Crippen LogP contribution >= 0.6 is 0 Å². The molecule has 1 aromatic heterocycles. The monoisotopic (exact) mass is 387 g/mol. The van der Waals surface area contributed by atoms with Crippen LogP contribution < -0.4 is 5.32 Å². The number of aromatic nitrogens is 1. The number of nitrogens with zero attached hydrogens (tertiary/aromatic N) is 1. The van der Waals surface area contributed by atoms with Gasteiger partial charge in [0, 0.05) is 29.2 Å². The van der Waals surface area contributed by atoms with E-state index in [0.29, 0.717) is 6.04 Å². The smallest absolute Gasteiger partial charge is 0.318 e. The van der Waals surface area contributed by atoms with Crippen LogP contribution in [0.3, 0.4) is 0 Å². The highest BCUT2D eigenvalue weighted by Gasteiger charge is 2.35. The fraction of sp³-hybridized carbons (Fsp3) is 0.400. The first kappa shape index (κ1) is 18.3. The molecule has 0 spiro atoms. The van der Waals surface area contributed by atoms with Gasteiger partial charge in [-0.15, -0.1) is 0 Å². The summed E-state index contributed by atoms with van der Waals surface area (Å²) in [6, 6.07) is 17.4. The molecule has 3 aromatic rings. The molecule has 1 aliphatic carbocycles. The third-order valence-electron chi connectivity index (χ3n) is 6.62. The summed E-state index contributed by atoms with van der Waals surface area (Å²) in [5.74, 6) is 0. The van der Waals surface area contributed by atoms with Crippen molar-refractivity contribution in [3.63, 3.8) is 0 Å². The fourth-order valence-corrected chi connectivity index (χ4v) is 5.06. The second kappa shape index (κ2) is 7.58. The van der Waals surface area contributed by atoms with Crippen LogP contribution in [0, 0.1) is 6.92 Å². The van der Waals surface area contributed by atoms with Crippen molar-refractivity contribution in [1.29, 1.82) is 0 Å². The summed E-state index contributed by atoms with van der Waals surface area (Å²) in [5, 5.41) is 4.62. The van der Waals surface area contributed by atoms with Gasteiger partial charge in [0.2, 0.25) is 0 Å². The Morgan fingerprint density at radius 1 is 1.03 bits per heavy atom. The van der Waals surface area contributed by atoms with E-state index in [9.17, 15) is 4.79 Å². The van der Waals surface area contributed by atoms with Crippen LogP contribution in [0.4, 0.5) is 4.79 Å². The fourth-order valence-electron chi connectivity index (χ4n) is 5.06. The number of aromatic amines is 1. The number of urea groups is 1. The molecule has 150 valence electrons. The van der Waals surface area contributed by atoms with Crippen LogP contribution in [0.25, 0.3) is 10.9 Å². The van der Waals surface area contributed by atoms with Crippen molar-refractivity contribution >= 4 is 16.9 Å². The molecule has 1 fully saturated rings. The Kier molecular flexibility index (Phi) is 4.78. The Hall–Kier alpha value is -2.75. The normalized spacial score (nSPS) is 19.9. The van der Waals surface area contributed by atoms with Gasteiger partial charge >= 0.3 is 6.03 Å². The first-order valence-corrected chi connectivity index (χ1v) is 10.9. The summed E-state index contributed by atoms with van der Waals surface area (Å²) >= 11 is 0. The molecule has 2 aliphatic rings. The molecule has 4 nitrogen and oxygen atoms in total. The average molecular weight is 388 g/mol. The lowest BCUT2D eigenvalue weighted by Gasteiger charge is -2.37. The molecule has 29 heavy (non-hydrogen) atoms. The van der Waals surface area contributed by atoms with Crippen molar-refractivity contribution in [2.75, 3.05) is 6.54 Å². The molecule has 2 amide bonds. The van der Waals surface area contributed by atoms with Crippen LogP contribution in [-0.4, -0.2) is 28.5 Å². The van der Waals surface area contributed by atoms with Gasteiger partial charge in [0.15, 0.2) is 0 Å². The van der Waals surface area contributed by atoms with E-state index in [1.807, 2.05) is 4.90 Å². The van der Waals surface area contributed by atoms with E-state index in [2.05, 4.69) is 65.8 Å². The number of benzene rings is 2. The number of hydrogen-bond acceptors (Lipinski definition) is 1. The van der Waals surface area contributed by atoms with E-state index >= 15 is 0 Å². The second-order valence-electron chi connectivity index (χ2n) is 8.60. The van der Waals surface area contributed by atoms with E-state index in [4.69, 9.17) is 0 Å². The van der Waals surface area contributed by atoms with Gasteiger partial charge in [-0.2, -0.15) is 0 Å². The maximum absolute atomic E-state index is 13.3. The van der Waals surface area contributed by atoms with Crippen LogP contribution in [0.2, 0.25) is 0 Å². The number of rotatable bonds is 2. The molecule has 1 saturated carbocycles. The zero-order chi connectivity index (χ0) is 19.8. The lowest BCUT2D eigenvalue weighted by molar-refractivity contribution is 0.172. The largest absolute Gasteiger partial charge is 0.356 e. The van der Waals surface area contributed by atoms with E-state index in [1.54, 1.807) is 0 Å². The lowest BCUT2D eigenvalue weighted by Crippen LogP contribution is -2.49. The molecule has 2 heterocycles. The summed E-state index contributed by atoms with van der Waals surface area (Å²) in [4.78, 5) is 19.0. The highest BCUT2D eigenvalue weighted by molar-refractivity contribution is 5.86. The van der Waals surface area contributed by atoms with Gasteiger partial charge in [0.1, 0.15) is 0 Å². The summed E-state index contributed by atoms with van der Waals surface area (Å²) in [5.41, 5.74) is 6.08. The number of carbonyl (C=O) groups is 1. The van der Waals surface area contributed by atoms with Crippen LogP contribution in [0.5, 0.6) is 0 Å². The molecule has 5 rings (SSSR count). The predicted octanol–water partition coefficient (Wildman–Crippen LogP) is 5.47. The topological polar surface area (TPSA) is 48.1 Å². The summed E-state index contributed by atoms with van der Waals surface area (Å²) in [6.07, 6.45) is 6.83. The average Bonchev–Trinajstić information content (AvgIpc) is 3.13. The van der Waals surface area contributed by atoms with Crippen LogP contribution in [0.1, 0.15) is 60.5 Å². The lowest BCUT2D eigenvalue weighted by atomic mass is 9.92. The highest BCUT2D eigenvalue weighted by Crippen LogP contribution is 2.38. The first-order valence-electron chi connectivity index (χ1n) is 10.9. The zero-order valence-corrected chi connectivity index (χ0v) is 17.1. The van der Waals surface area contributed by atoms with Crippen LogP contribution in [-0.2, 0) is 6.42 Å². The van der Waals surface area contributed by atoms with Crippen molar-refractivity contribution in [1.82, 2.24) is 15.2 Å². The zero-order valence-electron chi connectivity index (χ0n) is 17.1. The first-order chi connectivity index (χ1) is 14.2. The number of nitrogens with one attached hydrogen (secondary N) is 2. The summed E-state index contributed by atoms with van der Waals surface area (Å²) < 4.78 is 0. The maximum Gasteiger partial charge on any atom is 0.318 e. The molecule has 4 heteroatoms. The standard InChI is InChI=1S/C25H29N3O/c1-17-11-13-18(14-12-17)24-23-21(20-9-5-6-10-22(20)27-23)15-16-28(24)25(29)26-19-7-3-2-4-8-19/h5-6,9-14,19,24,27H,2-4,7-8,15-16H2,1H3,(H,26,29)/t24-/m1/s1. The Balaban J connectivity index is 1.53. The number of aryl methyl sites for hydroxylation is 1. The molecular formula is C25H29N3O. The minimum atomic E-state index is -0.0738. The number of carbonyl (C=O) groups excluding carboxylic acids is 1. The summed E-state index contributed by atoms with van der Waals surface area (Å²) in [7, 11) is 0. The van der Waals surface area contributed by atoms with Gasteiger partial charge in [-0.05, 0) is 43.4 Å². The Morgan fingerprint density at radius 3 is 2.59 bits per heavy atom. The van der Waals surface area contributed by atoms with Gasteiger partial charge in [0.05, 0.1) is 6.04 Å². The summed E-state index contributed by atoms with van der Waals surface area (Å²) in [6.45, 7) is 2.85. The van der Waals surface area contributed by atoms with E-state index in [1.165, 1.54) is 47.0 Å². The molecule has 2 aromatic carbocycles. The van der Waals surface area contributed by atoms with Crippen molar-refractivity contribution in [2.45, 2.75) is 57.5 Å². The number of hydrogen-bond donors (Lipinski definition) is 2. The molecular weight excluding hydrogens is 358 g/mol. The highest BCUT2D eigenvalue weighted by atomic mass is 16.2. The second-order valence-corrected chi connectivity index (χ2v) is 8.60. The molecule has 0 radical (unpaired) electrons. The Morgan fingerprint density at radius 2 is 1.79 bits per heavy atom. The van der Waals surface area contributed by atoms with Crippen molar-refractivity contribution in [3.05, 3.63) is 70.9 Å². The molecule has 1 aliphatic heterocycles. The van der Waals surface area contributed by atoms with Gasteiger partial charge in [0.25, 0.3) is 0 Å².